The van der Waals surface area contributed by atoms with E-state index >= 15 is 0 Å². The molecule has 3 rings (SSSR count). The van der Waals surface area contributed by atoms with E-state index in [1.54, 1.807) is 0 Å². The van der Waals surface area contributed by atoms with Gasteiger partial charge in [-0.15, -0.1) is 0 Å². The summed E-state index contributed by atoms with van der Waals surface area (Å²) in [6, 6.07) is 12.4. The van der Waals surface area contributed by atoms with Crippen LogP contribution >= 0.6 is 11.6 Å². The number of carbonyl (C=O) groups excluding carboxylic acids is 1. The zero-order chi connectivity index (χ0) is 18.1. The molecular formula is C21H25ClN2O. The third-order valence-corrected chi connectivity index (χ3v) is 5.39. The molecule has 1 atom stereocenters. The maximum Gasteiger partial charge on any atom is 0.253 e. The minimum absolute atomic E-state index is 0.114. The number of hydrogen-bond donors (Lipinski definition) is 0. The van der Waals surface area contributed by atoms with Crippen LogP contribution in [0.15, 0.2) is 36.4 Å². The van der Waals surface area contributed by atoms with E-state index in [0.717, 1.165) is 45.9 Å². The van der Waals surface area contributed by atoms with E-state index in [2.05, 4.69) is 30.1 Å². The average Bonchev–Trinajstić information content (AvgIpc) is 2.56. The van der Waals surface area contributed by atoms with Crippen molar-refractivity contribution in [3.05, 3.63) is 69.2 Å². The summed E-state index contributed by atoms with van der Waals surface area (Å²) < 4.78 is 0. The van der Waals surface area contributed by atoms with Crippen LogP contribution in [0.1, 0.15) is 38.7 Å². The SMILES string of the molecule is Cc1cc(C)cc(C(=O)N2CCN(C)C(c3ccc(C)c(Cl)c3)C2)c1. The zero-order valence-corrected chi connectivity index (χ0v) is 16.1. The Hall–Kier alpha value is -1.84. The Balaban J connectivity index is 1.84. The first kappa shape index (κ1) is 18.0. The first-order valence-electron chi connectivity index (χ1n) is 8.69. The molecule has 1 aliphatic heterocycles. The van der Waals surface area contributed by atoms with Crippen molar-refractivity contribution in [1.29, 1.82) is 0 Å². The van der Waals surface area contributed by atoms with Crippen molar-refractivity contribution in [2.45, 2.75) is 26.8 Å². The van der Waals surface area contributed by atoms with Crippen molar-refractivity contribution in [1.82, 2.24) is 9.80 Å². The Kier molecular flexibility index (Phi) is 5.16. The third kappa shape index (κ3) is 3.88. The zero-order valence-electron chi connectivity index (χ0n) is 15.3. The molecule has 1 saturated heterocycles. The second kappa shape index (κ2) is 7.19. The Morgan fingerprint density at radius 1 is 1.04 bits per heavy atom. The molecule has 0 bridgehead atoms. The van der Waals surface area contributed by atoms with E-state index in [9.17, 15) is 4.79 Å². The van der Waals surface area contributed by atoms with E-state index in [1.807, 2.05) is 43.9 Å². The maximum absolute atomic E-state index is 13.0. The van der Waals surface area contributed by atoms with Gasteiger partial charge in [0.2, 0.25) is 0 Å². The largest absolute Gasteiger partial charge is 0.335 e. The highest BCUT2D eigenvalue weighted by Crippen LogP contribution is 2.28. The normalized spacial score (nSPS) is 18.4. The number of likely N-dealkylation sites (N-methyl/N-ethyl adjacent to an activating group) is 1. The molecule has 1 heterocycles. The van der Waals surface area contributed by atoms with Gasteiger partial charge in [-0.05, 0) is 57.1 Å². The highest BCUT2D eigenvalue weighted by Gasteiger charge is 2.29. The second-order valence-corrected chi connectivity index (χ2v) is 7.54. The molecule has 2 aromatic carbocycles. The standard InChI is InChI=1S/C21H25ClN2O/c1-14-9-15(2)11-18(10-14)21(25)24-8-7-23(4)20(13-24)17-6-5-16(3)19(22)12-17/h5-6,9-12,20H,7-8,13H2,1-4H3. The molecule has 0 spiro atoms. The highest BCUT2D eigenvalue weighted by molar-refractivity contribution is 6.31. The van der Waals surface area contributed by atoms with E-state index in [-0.39, 0.29) is 11.9 Å². The van der Waals surface area contributed by atoms with Gasteiger partial charge in [-0.1, -0.05) is 40.9 Å². The van der Waals surface area contributed by atoms with Crippen LogP contribution in [0, 0.1) is 20.8 Å². The van der Waals surface area contributed by atoms with Gasteiger partial charge in [-0.3, -0.25) is 9.69 Å². The molecular weight excluding hydrogens is 332 g/mol. The van der Waals surface area contributed by atoms with Gasteiger partial charge in [0.05, 0.1) is 6.04 Å². The van der Waals surface area contributed by atoms with Crippen LogP contribution in [0.3, 0.4) is 0 Å². The summed E-state index contributed by atoms with van der Waals surface area (Å²) in [5.41, 5.74) is 5.27. The van der Waals surface area contributed by atoms with Gasteiger partial charge in [0.15, 0.2) is 0 Å². The van der Waals surface area contributed by atoms with Crippen molar-refractivity contribution >= 4 is 17.5 Å². The second-order valence-electron chi connectivity index (χ2n) is 7.13. The lowest BCUT2D eigenvalue weighted by molar-refractivity contribution is 0.0546. The Morgan fingerprint density at radius 3 is 2.36 bits per heavy atom. The number of nitrogens with zero attached hydrogens (tertiary/aromatic N) is 2. The fraction of sp³-hybridized carbons (Fsp3) is 0.381. The van der Waals surface area contributed by atoms with Gasteiger partial charge in [-0.2, -0.15) is 0 Å². The molecule has 2 aromatic rings. The number of hydrogen-bond acceptors (Lipinski definition) is 2. The lowest BCUT2D eigenvalue weighted by Gasteiger charge is -2.40. The summed E-state index contributed by atoms with van der Waals surface area (Å²) in [6.07, 6.45) is 0. The predicted octanol–water partition coefficient (Wildman–Crippen LogP) is 4.39. The molecule has 0 radical (unpaired) electrons. The molecule has 0 aliphatic carbocycles. The predicted molar refractivity (Wildman–Crippen MR) is 103 cm³/mol. The van der Waals surface area contributed by atoms with Crippen molar-refractivity contribution in [3.8, 4) is 0 Å². The molecule has 0 saturated carbocycles. The summed E-state index contributed by atoms with van der Waals surface area (Å²) in [7, 11) is 2.11. The average molecular weight is 357 g/mol. The smallest absolute Gasteiger partial charge is 0.253 e. The molecule has 3 nitrogen and oxygen atoms in total. The molecule has 0 aromatic heterocycles. The summed E-state index contributed by atoms with van der Waals surface area (Å²) in [5, 5.41) is 0.781. The van der Waals surface area contributed by atoms with Crippen LogP contribution in [0.25, 0.3) is 0 Å². The van der Waals surface area contributed by atoms with Gasteiger partial charge >= 0.3 is 0 Å². The molecule has 1 fully saturated rings. The minimum atomic E-state index is 0.114. The molecule has 0 N–H and O–H groups in total. The Morgan fingerprint density at radius 2 is 1.72 bits per heavy atom. The Bertz CT molecular complexity index is 782. The molecule has 1 aliphatic rings. The van der Waals surface area contributed by atoms with Crippen LogP contribution in [-0.2, 0) is 0 Å². The quantitative estimate of drug-likeness (QED) is 0.796. The third-order valence-electron chi connectivity index (χ3n) is 4.98. The van der Waals surface area contributed by atoms with Crippen molar-refractivity contribution < 1.29 is 4.79 Å². The molecule has 25 heavy (non-hydrogen) atoms. The lowest BCUT2D eigenvalue weighted by atomic mass is 10.0. The molecule has 4 heteroatoms. The monoisotopic (exact) mass is 356 g/mol. The fourth-order valence-corrected chi connectivity index (χ4v) is 3.70. The van der Waals surface area contributed by atoms with E-state index < -0.39 is 0 Å². The number of piperazine rings is 1. The number of aryl methyl sites for hydroxylation is 3. The fourth-order valence-electron chi connectivity index (χ4n) is 3.52. The molecule has 132 valence electrons. The number of amides is 1. The van der Waals surface area contributed by atoms with Crippen LogP contribution in [0.5, 0.6) is 0 Å². The number of carbonyl (C=O) groups is 1. The van der Waals surface area contributed by atoms with Crippen molar-refractivity contribution in [2.24, 2.45) is 0 Å². The van der Waals surface area contributed by atoms with E-state index in [4.69, 9.17) is 11.6 Å². The van der Waals surface area contributed by atoms with Crippen LogP contribution in [0.2, 0.25) is 5.02 Å². The summed E-state index contributed by atoms with van der Waals surface area (Å²) in [4.78, 5) is 17.3. The number of halogens is 1. The maximum atomic E-state index is 13.0. The van der Waals surface area contributed by atoms with E-state index in [1.165, 1.54) is 0 Å². The van der Waals surface area contributed by atoms with Crippen molar-refractivity contribution in [2.75, 3.05) is 26.7 Å². The number of rotatable bonds is 2. The van der Waals surface area contributed by atoms with Gasteiger partial charge in [0.1, 0.15) is 0 Å². The number of benzene rings is 2. The van der Waals surface area contributed by atoms with Crippen LogP contribution in [-0.4, -0.2) is 42.4 Å². The van der Waals surface area contributed by atoms with Gasteiger partial charge < -0.3 is 4.90 Å². The molecule has 1 amide bonds. The van der Waals surface area contributed by atoms with Crippen LogP contribution < -0.4 is 0 Å². The highest BCUT2D eigenvalue weighted by atomic mass is 35.5. The molecule has 1 unspecified atom stereocenters. The van der Waals surface area contributed by atoms with Crippen LogP contribution in [0.4, 0.5) is 0 Å². The lowest BCUT2D eigenvalue weighted by Crippen LogP contribution is -2.49. The Labute approximate surface area is 155 Å². The summed E-state index contributed by atoms with van der Waals surface area (Å²) in [5.74, 6) is 0.114. The minimum Gasteiger partial charge on any atom is -0.335 e. The van der Waals surface area contributed by atoms with Crippen molar-refractivity contribution in [3.63, 3.8) is 0 Å². The topological polar surface area (TPSA) is 23.6 Å². The first-order valence-corrected chi connectivity index (χ1v) is 9.07. The van der Waals surface area contributed by atoms with Gasteiger partial charge in [-0.25, -0.2) is 0 Å². The first-order chi connectivity index (χ1) is 11.8. The summed E-state index contributed by atoms with van der Waals surface area (Å²) in [6.45, 7) is 8.36. The summed E-state index contributed by atoms with van der Waals surface area (Å²) >= 11 is 6.31. The van der Waals surface area contributed by atoms with Gasteiger partial charge in [0.25, 0.3) is 5.91 Å². The van der Waals surface area contributed by atoms with Gasteiger partial charge in [0, 0.05) is 30.2 Å². The van der Waals surface area contributed by atoms with E-state index in [0.29, 0.717) is 6.54 Å².